The Kier molecular flexibility index (Phi) is 7.20. The summed E-state index contributed by atoms with van der Waals surface area (Å²) in [6.07, 6.45) is -11.2. The summed E-state index contributed by atoms with van der Waals surface area (Å²) in [6.45, 7) is 4.96. The molecule has 0 bridgehead atoms. The Morgan fingerprint density at radius 2 is 1.47 bits per heavy atom. The van der Waals surface area contributed by atoms with Gasteiger partial charge in [0.05, 0.1) is 35.7 Å². The zero-order valence-electron chi connectivity index (χ0n) is 19.8. The highest BCUT2D eigenvalue weighted by Crippen LogP contribution is 2.44. The summed E-state index contributed by atoms with van der Waals surface area (Å²) < 4.78 is 86.1. The molecule has 1 aliphatic heterocycles. The molecule has 0 aliphatic carbocycles. The largest absolute Gasteiger partial charge is 0.467 e. The van der Waals surface area contributed by atoms with Crippen molar-refractivity contribution in [2.45, 2.75) is 51.6 Å². The molecule has 2 atom stereocenters. The van der Waals surface area contributed by atoms with Gasteiger partial charge in [-0.25, -0.2) is 9.59 Å². The summed E-state index contributed by atoms with van der Waals surface area (Å²) in [5.74, 6) is -1.09. The predicted octanol–water partition coefficient (Wildman–Crippen LogP) is 6.34. The van der Waals surface area contributed by atoms with Crippen molar-refractivity contribution in [3.05, 3.63) is 58.1 Å². The van der Waals surface area contributed by atoms with E-state index < -0.39 is 53.2 Å². The van der Waals surface area contributed by atoms with Crippen LogP contribution in [0.2, 0.25) is 0 Å². The zero-order chi connectivity index (χ0) is 27.2. The highest BCUT2D eigenvalue weighted by molar-refractivity contribution is 5.95. The summed E-state index contributed by atoms with van der Waals surface area (Å²) >= 11 is 0. The molecule has 2 aromatic rings. The van der Waals surface area contributed by atoms with Gasteiger partial charge in [0.25, 0.3) is 0 Å². The van der Waals surface area contributed by atoms with Gasteiger partial charge < -0.3 is 14.7 Å². The Morgan fingerprint density at radius 3 is 1.89 bits per heavy atom. The van der Waals surface area contributed by atoms with E-state index in [1.807, 2.05) is 0 Å². The lowest BCUT2D eigenvalue weighted by Crippen LogP contribution is -2.53. The third kappa shape index (κ3) is 5.07. The number of nitrogens with zero attached hydrogens (tertiary/aromatic N) is 2. The van der Waals surface area contributed by atoms with Gasteiger partial charge in [0.2, 0.25) is 0 Å². The maximum Gasteiger partial charge on any atom is 0.416 e. The van der Waals surface area contributed by atoms with Gasteiger partial charge in [-0.2, -0.15) is 26.3 Å². The number of methoxy groups -OCH3 is 1. The van der Waals surface area contributed by atoms with Crippen molar-refractivity contribution in [1.82, 2.24) is 0 Å². The molecule has 2 aromatic carbocycles. The van der Waals surface area contributed by atoms with Crippen molar-refractivity contribution < 1.29 is 45.8 Å². The zero-order valence-corrected chi connectivity index (χ0v) is 19.8. The van der Waals surface area contributed by atoms with Crippen molar-refractivity contribution >= 4 is 23.4 Å². The van der Waals surface area contributed by atoms with Gasteiger partial charge in [0.1, 0.15) is 0 Å². The van der Waals surface area contributed by atoms with Gasteiger partial charge in [-0.3, -0.25) is 4.90 Å². The van der Waals surface area contributed by atoms with E-state index in [0.29, 0.717) is 23.3 Å². The molecule has 6 nitrogen and oxygen atoms in total. The SMILES string of the molecule is CC[C@@H]1CN([C@@H](C(=O)OC)c2cc(C(F)(F)F)cc(C(F)(F)F)c2)c2cc(C)c(C)cc2N1C(=O)O. The van der Waals surface area contributed by atoms with E-state index in [4.69, 9.17) is 4.74 Å². The minimum absolute atomic E-state index is 0.0174. The van der Waals surface area contributed by atoms with Crippen LogP contribution in [0.5, 0.6) is 0 Å². The number of aryl methyl sites for hydroxylation is 2. The lowest BCUT2D eigenvalue weighted by molar-refractivity contribution is -0.145. The molecule has 0 aromatic heterocycles. The first-order chi connectivity index (χ1) is 16.6. The van der Waals surface area contributed by atoms with Crippen LogP contribution in [0, 0.1) is 13.8 Å². The third-order valence-corrected chi connectivity index (χ3v) is 6.27. The van der Waals surface area contributed by atoms with Crippen molar-refractivity contribution in [3.63, 3.8) is 0 Å². The Morgan fingerprint density at radius 1 is 0.972 bits per heavy atom. The van der Waals surface area contributed by atoms with Crippen LogP contribution in [0.1, 0.15) is 47.2 Å². The fourth-order valence-electron chi connectivity index (χ4n) is 4.32. The molecule has 1 heterocycles. The van der Waals surface area contributed by atoms with Crippen molar-refractivity contribution in [3.8, 4) is 0 Å². The van der Waals surface area contributed by atoms with Crippen LogP contribution >= 0.6 is 0 Å². The number of ether oxygens (including phenoxy) is 1. The van der Waals surface area contributed by atoms with E-state index in [9.17, 15) is 41.0 Å². The summed E-state index contributed by atoms with van der Waals surface area (Å²) in [7, 11) is 0.972. The van der Waals surface area contributed by atoms with Crippen LogP contribution in [-0.2, 0) is 21.9 Å². The first-order valence-electron chi connectivity index (χ1n) is 10.9. The maximum atomic E-state index is 13.5. The number of hydrogen-bond donors (Lipinski definition) is 1. The minimum Gasteiger partial charge on any atom is -0.467 e. The highest BCUT2D eigenvalue weighted by atomic mass is 19.4. The summed E-state index contributed by atoms with van der Waals surface area (Å²) in [5.41, 5.74) is -1.98. The van der Waals surface area contributed by atoms with E-state index >= 15 is 0 Å². The van der Waals surface area contributed by atoms with E-state index in [1.54, 1.807) is 32.9 Å². The molecule has 0 fully saturated rings. The highest BCUT2D eigenvalue weighted by Gasteiger charge is 2.43. The van der Waals surface area contributed by atoms with Gasteiger partial charge in [0, 0.05) is 6.54 Å². The fourth-order valence-corrected chi connectivity index (χ4v) is 4.32. The van der Waals surface area contributed by atoms with Crippen LogP contribution in [0.4, 0.5) is 42.5 Å². The fraction of sp³-hybridized carbons (Fsp3) is 0.417. The van der Waals surface area contributed by atoms with Gasteiger partial charge >= 0.3 is 24.4 Å². The molecular formula is C24H24F6N2O4. The Labute approximate surface area is 203 Å². The molecule has 0 radical (unpaired) electrons. The second-order valence-corrected chi connectivity index (χ2v) is 8.56. The molecule has 196 valence electrons. The molecule has 0 spiro atoms. The Balaban J connectivity index is 2.33. The summed E-state index contributed by atoms with van der Waals surface area (Å²) in [4.78, 5) is 27.5. The molecule has 0 saturated carbocycles. The molecule has 36 heavy (non-hydrogen) atoms. The first-order valence-corrected chi connectivity index (χ1v) is 10.9. The number of amides is 1. The number of rotatable bonds is 4. The van der Waals surface area contributed by atoms with Crippen LogP contribution in [0.25, 0.3) is 0 Å². The summed E-state index contributed by atoms with van der Waals surface area (Å²) in [5, 5.41) is 9.86. The topological polar surface area (TPSA) is 70.1 Å². The monoisotopic (exact) mass is 518 g/mol. The number of esters is 1. The van der Waals surface area contributed by atoms with Gasteiger partial charge in [0.15, 0.2) is 6.04 Å². The number of carboxylic acid groups (broad SMARTS) is 1. The number of carbonyl (C=O) groups is 2. The minimum atomic E-state index is -5.11. The second-order valence-electron chi connectivity index (χ2n) is 8.56. The summed E-state index contributed by atoms with van der Waals surface area (Å²) in [6, 6.07) is 1.64. The molecule has 0 unspecified atom stereocenters. The number of halogens is 6. The number of fused-ring (bicyclic) bond motifs is 1. The quantitative estimate of drug-likeness (QED) is 0.378. The van der Waals surface area contributed by atoms with E-state index in [-0.39, 0.29) is 30.4 Å². The van der Waals surface area contributed by atoms with Crippen molar-refractivity contribution in [2.75, 3.05) is 23.5 Å². The van der Waals surface area contributed by atoms with E-state index in [0.717, 1.165) is 12.0 Å². The van der Waals surface area contributed by atoms with Gasteiger partial charge in [-0.1, -0.05) is 6.92 Å². The number of carbonyl (C=O) groups excluding carboxylic acids is 1. The van der Waals surface area contributed by atoms with Gasteiger partial charge in [-0.05, 0) is 67.3 Å². The molecule has 1 N–H and O–H groups in total. The molecule has 12 heteroatoms. The molecule has 1 aliphatic rings. The third-order valence-electron chi connectivity index (χ3n) is 6.27. The predicted molar refractivity (Wildman–Crippen MR) is 119 cm³/mol. The molecule has 1 amide bonds. The molecule has 3 rings (SSSR count). The lowest BCUT2D eigenvalue weighted by Gasteiger charge is -2.45. The van der Waals surface area contributed by atoms with Crippen molar-refractivity contribution in [2.24, 2.45) is 0 Å². The van der Waals surface area contributed by atoms with Crippen LogP contribution in [-0.4, -0.2) is 36.9 Å². The second kappa shape index (κ2) is 9.55. The maximum absolute atomic E-state index is 13.5. The Hall–Kier alpha value is -3.44. The van der Waals surface area contributed by atoms with Crippen molar-refractivity contribution in [1.29, 1.82) is 0 Å². The number of anilines is 2. The number of hydrogen-bond acceptors (Lipinski definition) is 4. The van der Waals surface area contributed by atoms with Crippen LogP contribution in [0.15, 0.2) is 30.3 Å². The smallest absolute Gasteiger partial charge is 0.416 e. The van der Waals surface area contributed by atoms with Gasteiger partial charge in [-0.15, -0.1) is 0 Å². The standard InChI is InChI=1S/C24H24F6N2O4/c1-5-17-11-31(18-6-12(2)13(3)7-19(18)32(17)22(34)35)20(21(33)36-4)14-8-15(23(25,26)27)10-16(9-14)24(28,29)30/h6-10,17,20H,5,11H2,1-4H3,(H,34,35)/t17-,20-/m1/s1. The number of benzene rings is 2. The lowest BCUT2D eigenvalue weighted by atomic mass is 9.94. The van der Waals surface area contributed by atoms with Crippen LogP contribution < -0.4 is 9.80 Å². The normalized spacial score (nSPS) is 17.0. The van der Waals surface area contributed by atoms with Crippen LogP contribution in [0.3, 0.4) is 0 Å². The average Bonchev–Trinajstić information content (AvgIpc) is 2.78. The molecule has 0 saturated heterocycles. The Bertz CT molecular complexity index is 1150. The average molecular weight is 518 g/mol. The van der Waals surface area contributed by atoms with E-state index in [1.165, 1.54) is 4.90 Å². The first kappa shape index (κ1) is 27.2. The number of alkyl halides is 6. The van der Waals surface area contributed by atoms with E-state index in [2.05, 4.69) is 0 Å². The molecular weight excluding hydrogens is 494 g/mol.